The van der Waals surface area contributed by atoms with Gasteiger partial charge >= 0.3 is 0 Å². The van der Waals surface area contributed by atoms with E-state index in [1.807, 2.05) is 11.0 Å². The number of thiophene rings is 1. The van der Waals surface area contributed by atoms with E-state index in [1.165, 1.54) is 15.3 Å². The Labute approximate surface area is 129 Å². The third-order valence-electron chi connectivity index (χ3n) is 3.79. The van der Waals surface area contributed by atoms with Crippen molar-refractivity contribution in [2.45, 2.75) is 25.9 Å². The molecule has 1 aromatic heterocycles. The van der Waals surface area contributed by atoms with Crippen LogP contribution in [-0.4, -0.2) is 23.9 Å². The van der Waals surface area contributed by atoms with Crippen molar-refractivity contribution in [3.8, 4) is 10.4 Å². The minimum atomic E-state index is 0.0477. The molecule has 1 amide bonds. The Kier molecular flexibility index (Phi) is 4.36. The van der Waals surface area contributed by atoms with Gasteiger partial charge in [-0.3, -0.25) is 10.1 Å². The second-order valence-corrected chi connectivity index (χ2v) is 6.41. The predicted octanol–water partition coefficient (Wildman–Crippen LogP) is 3.65. The molecule has 1 aliphatic rings. The van der Waals surface area contributed by atoms with Crippen molar-refractivity contribution < 1.29 is 4.79 Å². The average molecular weight is 300 g/mol. The number of rotatable bonds is 5. The molecule has 0 aliphatic carbocycles. The van der Waals surface area contributed by atoms with Crippen LogP contribution in [0.3, 0.4) is 0 Å². The number of carbonyl (C=O) groups is 1. The van der Waals surface area contributed by atoms with Gasteiger partial charge < -0.3 is 4.90 Å². The Bertz CT molecular complexity index is 608. The minimum Gasteiger partial charge on any atom is -0.321 e. The summed E-state index contributed by atoms with van der Waals surface area (Å²) in [6, 6.07) is 14.7. The SMILES string of the molecule is CCCCN1C(=O)CNC1c1ccc(-c2ccccc2)s1. The lowest BCUT2D eigenvalue weighted by atomic mass is 10.2. The summed E-state index contributed by atoms with van der Waals surface area (Å²) < 4.78 is 0. The molecule has 3 nitrogen and oxygen atoms in total. The topological polar surface area (TPSA) is 32.3 Å². The largest absolute Gasteiger partial charge is 0.321 e. The first-order valence-electron chi connectivity index (χ1n) is 7.47. The second-order valence-electron chi connectivity index (χ2n) is 5.29. The van der Waals surface area contributed by atoms with Crippen LogP contribution in [0, 0.1) is 0 Å². The van der Waals surface area contributed by atoms with E-state index in [0.717, 1.165) is 19.4 Å². The van der Waals surface area contributed by atoms with E-state index in [9.17, 15) is 4.79 Å². The molecule has 0 saturated carbocycles. The Hall–Kier alpha value is -1.65. The van der Waals surface area contributed by atoms with Crippen LogP contribution in [0.1, 0.15) is 30.8 Å². The first-order chi connectivity index (χ1) is 10.3. The number of hydrogen-bond donors (Lipinski definition) is 1. The van der Waals surface area contributed by atoms with E-state index in [2.05, 4.69) is 48.6 Å². The van der Waals surface area contributed by atoms with Gasteiger partial charge in [-0.1, -0.05) is 43.7 Å². The molecule has 2 heterocycles. The number of nitrogens with one attached hydrogen (secondary N) is 1. The molecule has 110 valence electrons. The zero-order chi connectivity index (χ0) is 14.7. The maximum Gasteiger partial charge on any atom is 0.238 e. The molecule has 3 rings (SSSR count). The molecule has 1 fully saturated rings. The highest BCUT2D eigenvalue weighted by molar-refractivity contribution is 7.15. The van der Waals surface area contributed by atoms with Gasteiger partial charge in [0.25, 0.3) is 0 Å². The number of amides is 1. The van der Waals surface area contributed by atoms with Crippen molar-refractivity contribution in [1.29, 1.82) is 0 Å². The van der Waals surface area contributed by atoms with E-state index < -0.39 is 0 Å². The van der Waals surface area contributed by atoms with Crippen LogP contribution in [0.25, 0.3) is 10.4 Å². The van der Waals surface area contributed by atoms with Crippen molar-refractivity contribution >= 4 is 17.2 Å². The Morgan fingerprint density at radius 2 is 2.05 bits per heavy atom. The molecular formula is C17H20N2OS. The Balaban J connectivity index is 1.80. The van der Waals surface area contributed by atoms with Gasteiger partial charge in [-0.25, -0.2) is 0 Å². The first kappa shape index (κ1) is 14.3. The highest BCUT2D eigenvalue weighted by Crippen LogP contribution is 2.34. The number of hydrogen-bond acceptors (Lipinski definition) is 3. The third-order valence-corrected chi connectivity index (χ3v) is 4.97. The fourth-order valence-corrected chi connectivity index (χ4v) is 3.74. The molecule has 1 aromatic carbocycles. The standard InChI is InChI=1S/C17H20N2OS/c1-2-3-11-19-16(20)12-18-17(19)15-10-9-14(21-15)13-7-5-4-6-8-13/h4-10,17-18H,2-3,11-12H2,1H3. The van der Waals surface area contributed by atoms with Crippen molar-refractivity contribution in [3.05, 3.63) is 47.3 Å². The van der Waals surface area contributed by atoms with Gasteiger partial charge in [0.15, 0.2) is 0 Å². The van der Waals surface area contributed by atoms with Crippen LogP contribution in [0.4, 0.5) is 0 Å². The van der Waals surface area contributed by atoms with E-state index in [1.54, 1.807) is 11.3 Å². The van der Waals surface area contributed by atoms with Crippen molar-refractivity contribution in [3.63, 3.8) is 0 Å². The quantitative estimate of drug-likeness (QED) is 0.914. The van der Waals surface area contributed by atoms with E-state index in [4.69, 9.17) is 0 Å². The maximum absolute atomic E-state index is 12.0. The van der Waals surface area contributed by atoms with Gasteiger partial charge in [-0.2, -0.15) is 0 Å². The molecular weight excluding hydrogens is 280 g/mol. The molecule has 2 aromatic rings. The minimum absolute atomic E-state index is 0.0477. The van der Waals surface area contributed by atoms with Gasteiger partial charge in [-0.05, 0) is 24.1 Å². The van der Waals surface area contributed by atoms with Gasteiger partial charge in [-0.15, -0.1) is 11.3 Å². The Morgan fingerprint density at radius 3 is 2.81 bits per heavy atom. The molecule has 1 saturated heterocycles. The van der Waals surface area contributed by atoms with Crippen LogP contribution in [0.2, 0.25) is 0 Å². The van der Waals surface area contributed by atoms with Crippen molar-refractivity contribution in [2.75, 3.05) is 13.1 Å². The Morgan fingerprint density at radius 1 is 1.24 bits per heavy atom. The molecule has 0 bridgehead atoms. The van der Waals surface area contributed by atoms with Crippen LogP contribution in [0.5, 0.6) is 0 Å². The highest BCUT2D eigenvalue weighted by atomic mass is 32.1. The molecule has 1 unspecified atom stereocenters. The highest BCUT2D eigenvalue weighted by Gasteiger charge is 2.31. The average Bonchev–Trinajstić information content (AvgIpc) is 3.13. The van der Waals surface area contributed by atoms with Gasteiger partial charge in [0.1, 0.15) is 6.17 Å². The van der Waals surface area contributed by atoms with Crippen LogP contribution >= 0.6 is 11.3 Å². The van der Waals surface area contributed by atoms with E-state index in [-0.39, 0.29) is 12.1 Å². The first-order valence-corrected chi connectivity index (χ1v) is 8.29. The number of benzene rings is 1. The number of carbonyl (C=O) groups excluding carboxylic acids is 1. The number of nitrogens with zero attached hydrogens (tertiary/aromatic N) is 1. The monoisotopic (exact) mass is 300 g/mol. The van der Waals surface area contributed by atoms with Gasteiger partial charge in [0.05, 0.1) is 6.54 Å². The third kappa shape index (κ3) is 3.01. The smallest absolute Gasteiger partial charge is 0.238 e. The van der Waals surface area contributed by atoms with E-state index in [0.29, 0.717) is 6.54 Å². The summed E-state index contributed by atoms with van der Waals surface area (Å²) in [4.78, 5) is 16.5. The van der Waals surface area contributed by atoms with Crippen molar-refractivity contribution in [2.24, 2.45) is 0 Å². The normalized spacial score (nSPS) is 18.4. The fraction of sp³-hybridized carbons (Fsp3) is 0.353. The molecule has 4 heteroatoms. The lowest BCUT2D eigenvalue weighted by molar-refractivity contribution is -0.128. The van der Waals surface area contributed by atoms with E-state index >= 15 is 0 Å². The van der Waals surface area contributed by atoms with Crippen LogP contribution in [-0.2, 0) is 4.79 Å². The van der Waals surface area contributed by atoms with Crippen LogP contribution in [0.15, 0.2) is 42.5 Å². The molecule has 1 N–H and O–H groups in total. The molecule has 0 spiro atoms. The summed E-state index contributed by atoms with van der Waals surface area (Å²) >= 11 is 1.77. The summed E-state index contributed by atoms with van der Waals surface area (Å²) in [7, 11) is 0. The molecule has 21 heavy (non-hydrogen) atoms. The fourth-order valence-electron chi connectivity index (χ4n) is 2.63. The van der Waals surface area contributed by atoms with Gasteiger partial charge in [0, 0.05) is 16.3 Å². The molecule has 0 radical (unpaired) electrons. The summed E-state index contributed by atoms with van der Waals surface area (Å²) in [5.74, 6) is 0.211. The molecule has 1 atom stereocenters. The lowest BCUT2D eigenvalue weighted by Gasteiger charge is -2.23. The predicted molar refractivity (Wildman–Crippen MR) is 87.1 cm³/mol. The number of unbranched alkanes of at least 4 members (excludes halogenated alkanes) is 1. The van der Waals surface area contributed by atoms with Crippen LogP contribution < -0.4 is 5.32 Å². The zero-order valence-corrected chi connectivity index (χ0v) is 13.0. The summed E-state index contributed by atoms with van der Waals surface area (Å²) in [5.41, 5.74) is 1.23. The zero-order valence-electron chi connectivity index (χ0n) is 12.2. The lowest BCUT2D eigenvalue weighted by Crippen LogP contribution is -2.30. The molecule has 1 aliphatic heterocycles. The summed E-state index contributed by atoms with van der Waals surface area (Å²) in [6.45, 7) is 3.44. The van der Waals surface area contributed by atoms with Gasteiger partial charge in [0.2, 0.25) is 5.91 Å². The maximum atomic E-state index is 12.0. The summed E-state index contributed by atoms with van der Waals surface area (Å²) in [6.07, 6.45) is 2.21. The summed E-state index contributed by atoms with van der Waals surface area (Å²) in [5, 5.41) is 3.33. The van der Waals surface area contributed by atoms with Crippen molar-refractivity contribution in [1.82, 2.24) is 10.2 Å². The second kappa shape index (κ2) is 6.41.